The normalized spacial score (nSPS) is 11.8. The highest BCUT2D eigenvalue weighted by Crippen LogP contribution is 2.32. The molecule has 0 atom stereocenters. The van der Waals surface area contributed by atoms with Gasteiger partial charge in [0.2, 0.25) is 0 Å². The third kappa shape index (κ3) is 10.2. The number of benzene rings is 1. The van der Waals surface area contributed by atoms with Crippen LogP contribution in [0, 0.1) is 0 Å². The van der Waals surface area contributed by atoms with Gasteiger partial charge in [0.1, 0.15) is 11.5 Å². The number of anilines is 1. The van der Waals surface area contributed by atoms with Crippen molar-refractivity contribution in [2.45, 2.75) is 111 Å². The summed E-state index contributed by atoms with van der Waals surface area (Å²) in [6.45, 7) is 9.38. The van der Waals surface area contributed by atoms with Gasteiger partial charge in [-0.2, -0.15) is 9.61 Å². The Morgan fingerprint density at radius 1 is 0.833 bits per heavy atom. The molecule has 4 aromatic rings. The first-order valence-electron chi connectivity index (χ1n) is 18.2. The number of hydrogen-bond donors (Lipinski definition) is 1. The molecule has 262 valence electrons. The van der Waals surface area contributed by atoms with E-state index in [1.807, 2.05) is 24.3 Å². The number of thiophene rings is 1. The molecule has 3 heterocycles. The van der Waals surface area contributed by atoms with Crippen molar-refractivity contribution >= 4 is 34.0 Å². The number of nitrogens with zero attached hydrogens (tertiary/aromatic N) is 5. The quantitative estimate of drug-likeness (QED) is 0.0788. The van der Waals surface area contributed by atoms with Gasteiger partial charge < -0.3 is 19.7 Å². The number of carbonyl (C=O) groups is 1. The monoisotopic (exact) mass is 676 g/mol. The Balaban J connectivity index is 1.66. The summed E-state index contributed by atoms with van der Waals surface area (Å²) in [5.41, 5.74) is 1.55. The van der Waals surface area contributed by atoms with Crippen LogP contribution in [0.4, 0.5) is 5.00 Å². The summed E-state index contributed by atoms with van der Waals surface area (Å²) in [6, 6.07) is 9.90. The highest BCUT2D eigenvalue weighted by molar-refractivity contribution is 7.16. The van der Waals surface area contributed by atoms with Crippen molar-refractivity contribution in [1.82, 2.24) is 25.1 Å². The van der Waals surface area contributed by atoms with Gasteiger partial charge in [0, 0.05) is 24.5 Å². The lowest BCUT2D eigenvalue weighted by atomic mass is 10.1. The van der Waals surface area contributed by atoms with Gasteiger partial charge in [-0.1, -0.05) is 91.4 Å². The zero-order valence-electron chi connectivity index (χ0n) is 29.9. The Morgan fingerprint density at radius 2 is 1.50 bits per heavy atom. The molecule has 0 spiro atoms. The summed E-state index contributed by atoms with van der Waals surface area (Å²) < 4.78 is 12.8. The van der Waals surface area contributed by atoms with Crippen LogP contribution in [-0.2, 0) is 0 Å². The summed E-state index contributed by atoms with van der Waals surface area (Å²) in [5, 5.41) is 18.8. The van der Waals surface area contributed by atoms with Crippen LogP contribution >= 0.6 is 11.3 Å². The minimum absolute atomic E-state index is 0.215. The van der Waals surface area contributed by atoms with E-state index in [2.05, 4.69) is 53.3 Å². The number of nitrogens with one attached hydrogen (secondary N) is 1. The Bertz CT molecular complexity index is 1580. The van der Waals surface area contributed by atoms with Gasteiger partial charge in [-0.25, -0.2) is 0 Å². The van der Waals surface area contributed by atoms with Gasteiger partial charge in [-0.05, 0) is 55.7 Å². The molecule has 0 radical (unpaired) electrons. The van der Waals surface area contributed by atoms with Gasteiger partial charge in [0.15, 0.2) is 17.2 Å². The Morgan fingerprint density at radius 3 is 2.15 bits per heavy atom. The van der Waals surface area contributed by atoms with E-state index in [9.17, 15) is 4.79 Å². The van der Waals surface area contributed by atoms with E-state index in [1.54, 1.807) is 30.1 Å². The molecule has 0 aliphatic heterocycles. The minimum Gasteiger partial charge on any atom is -0.497 e. The lowest BCUT2D eigenvalue weighted by molar-refractivity contribution is 0.0947. The van der Waals surface area contributed by atoms with Crippen molar-refractivity contribution in [2.24, 2.45) is 0 Å². The third-order valence-electron chi connectivity index (χ3n) is 8.79. The maximum absolute atomic E-state index is 13.5. The molecule has 0 aliphatic carbocycles. The molecule has 0 aliphatic rings. The molecule has 0 bridgehead atoms. The van der Waals surface area contributed by atoms with Gasteiger partial charge in [0.25, 0.3) is 5.91 Å². The Labute approximate surface area is 291 Å². The topological polar surface area (TPSA) is 93.9 Å². The molecule has 9 nitrogen and oxygen atoms in total. The molecule has 0 saturated carbocycles. The fourth-order valence-corrected chi connectivity index (χ4v) is 6.95. The number of unbranched alkanes of at least 4 members (excludes halogenated alkanes) is 11. The second-order valence-corrected chi connectivity index (χ2v) is 13.6. The van der Waals surface area contributed by atoms with Crippen LogP contribution in [0.1, 0.15) is 126 Å². The number of hydrogen-bond acceptors (Lipinski definition) is 8. The van der Waals surface area contributed by atoms with Crippen molar-refractivity contribution in [2.75, 3.05) is 38.8 Å². The molecular weight excluding hydrogens is 621 g/mol. The molecule has 0 saturated heterocycles. The second kappa shape index (κ2) is 20.0. The number of ether oxygens (including phenoxy) is 2. The summed E-state index contributed by atoms with van der Waals surface area (Å²) in [4.78, 5) is 17.1. The maximum atomic E-state index is 13.5. The van der Waals surface area contributed by atoms with Crippen LogP contribution < -0.4 is 24.9 Å². The van der Waals surface area contributed by atoms with E-state index in [4.69, 9.17) is 14.6 Å². The minimum atomic E-state index is -0.215. The molecule has 1 N–H and O–H groups in total. The molecule has 4 rings (SSSR count). The van der Waals surface area contributed by atoms with Crippen molar-refractivity contribution in [3.8, 4) is 22.9 Å². The van der Waals surface area contributed by atoms with E-state index in [1.165, 1.54) is 82.1 Å². The lowest BCUT2D eigenvalue weighted by Gasteiger charge is -2.23. The molecule has 48 heavy (non-hydrogen) atoms. The SMILES string of the molecule is CCCCCCCCN(CCCCCCCC)c1ccc(C=c2c(C(=O)NCCCC)nn3c(-c4cc(OC)ccc4OC)nnc23)s1. The number of rotatable bonds is 23. The number of amides is 1. The first kappa shape index (κ1) is 37.2. The van der Waals surface area contributed by atoms with Crippen LogP contribution in [-0.4, -0.2) is 59.6 Å². The first-order chi connectivity index (χ1) is 23.5. The fourth-order valence-electron chi connectivity index (χ4n) is 5.95. The number of methoxy groups -OCH3 is 2. The van der Waals surface area contributed by atoms with Gasteiger partial charge in [0.05, 0.1) is 30.0 Å². The molecule has 0 unspecified atom stereocenters. The summed E-state index contributed by atoms with van der Waals surface area (Å²) in [5.74, 6) is 1.55. The molecular formula is C38H56N6O3S. The summed E-state index contributed by atoms with van der Waals surface area (Å²) in [6.07, 6.45) is 19.4. The third-order valence-corrected chi connectivity index (χ3v) is 9.88. The van der Waals surface area contributed by atoms with Crippen LogP contribution in [0.15, 0.2) is 30.3 Å². The highest BCUT2D eigenvalue weighted by Gasteiger charge is 2.22. The number of carbonyl (C=O) groups excluding carboxylic acids is 1. The number of fused-ring (bicyclic) bond motifs is 1. The standard InChI is InChI=1S/C38H56N6O3S/c1-6-9-12-14-16-18-25-43(26-19-17-15-13-10-7-2)34-23-21-30(48-34)28-32-35(38(45)39-24-11-8-3)42-44-36(40-41-37(32)44)31-27-29(46-4)20-22-33(31)47-5/h20-23,27-28H,6-19,24-26H2,1-5H3,(H,39,45). The lowest BCUT2D eigenvalue weighted by Crippen LogP contribution is -2.29. The van der Waals surface area contributed by atoms with Crippen molar-refractivity contribution in [3.63, 3.8) is 0 Å². The predicted octanol–water partition coefficient (Wildman–Crippen LogP) is 8.48. The molecule has 3 aromatic heterocycles. The van der Waals surface area contributed by atoms with Gasteiger partial charge >= 0.3 is 0 Å². The van der Waals surface area contributed by atoms with E-state index in [-0.39, 0.29) is 5.91 Å². The van der Waals surface area contributed by atoms with Crippen molar-refractivity contribution in [3.05, 3.63) is 46.1 Å². The maximum Gasteiger partial charge on any atom is 0.272 e. The van der Waals surface area contributed by atoms with Gasteiger partial charge in [-0.3, -0.25) is 4.79 Å². The second-order valence-electron chi connectivity index (χ2n) is 12.5. The van der Waals surface area contributed by atoms with E-state index in [0.29, 0.717) is 46.0 Å². The molecule has 1 aromatic carbocycles. The van der Waals surface area contributed by atoms with Crippen LogP contribution in [0.2, 0.25) is 0 Å². The Kier molecular flexibility index (Phi) is 15.5. The highest BCUT2D eigenvalue weighted by atomic mass is 32.1. The summed E-state index contributed by atoms with van der Waals surface area (Å²) >= 11 is 1.76. The van der Waals surface area contributed by atoms with E-state index in [0.717, 1.165) is 30.8 Å². The van der Waals surface area contributed by atoms with Crippen LogP contribution in [0.5, 0.6) is 11.5 Å². The zero-order chi connectivity index (χ0) is 34.1. The fraction of sp³-hybridized carbons (Fsp3) is 0.579. The Hall–Kier alpha value is -3.66. The predicted molar refractivity (Wildman–Crippen MR) is 199 cm³/mol. The van der Waals surface area contributed by atoms with E-state index >= 15 is 0 Å². The largest absolute Gasteiger partial charge is 0.497 e. The van der Waals surface area contributed by atoms with E-state index < -0.39 is 0 Å². The van der Waals surface area contributed by atoms with Crippen molar-refractivity contribution in [1.29, 1.82) is 0 Å². The van der Waals surface area contributed by atoms with Crippen LogP contribution in [0.25, 0.3) is 23.1 Å². The molecule has 10 heteroatoms. The van der Waals surface area contributed by atoms with Gasteiger partial charge in [-0.15, -0.1) is 21.5 Å². The first-order valence-corrected chi connectivity index (χ1v) is 19.0. The zero-order valence-corrected chi connectivity index (χ0v) is 30.7. The van der Waals surface area contributed by atoms with Crippen molar-refractivity contribution < 1.29 is 14.3 Å². The number of aromatic nitrogens is 4. The average molecular weight is 677 g/mol. The average Bonchev–Trinajstić information content (AvgIpc) is 3.83. The smallest absolute Gasteiger partial charge is 0.272 e. The van der Waals surface area contributed by atoms with Crippen LogP contribution in [0.3, 0.4) is 0 Å². The summed E-state index contributed by atoms with van der Waals surface area (Å²) in [7, 11) is 3.24. The molecule has 1 amide bonds. The molecule has 0 fully saturated rings.